The molecule has 3 heterocycles. The van der Waals surface area contributed by atoms with Gasteiger partial charge >= 0.3 is 5.97 Å². The number of carbonyl (C=O) groups is 1. The van der Waals surface area contributed by atoms with Crippen LogP contribution in [0.15, 0.2) is 46.8 Å². The topological polar surface area (TPSA) is 90.2 Å². The van der Waals surface area contributed by atoms with Crippen molar-refractivity contribution in [2.45, 2.75) is 11.5 Å². The molecule has 8 nitrogen and oxygen atoms in total. The fraction of sp³-hybridized carbons (Fsp3) is 0.263. The van der Waals surface area contributed by atoms with Crippen LogP contribution in [-0.2, 0) is 30.9 Å². The smallest absolute Gasteiger partial charge is 0.331 e. The maximum absolute atomic E-state index is 12.8. The van der Waals surface area contributed by atoms with Crippen molar-refractivity contribution in [3.63, 3.8) is 0 Å². The van der Waals surface area contributed by atoms with Gasteiger partial charge in [-0.3, -0.25) is 4.40 Å². The van der Waals surface area contributed by atoms with E-state index in [1.807, 2.05) is 11.6 Å². The van der Waals surface area contributed by atoms with Gasteiger partial charge in [-0.1, -0.05) is 23.7 Å². The SMILES string of the molecule is O=C(/C=C\c1c(Cl)nc2sccn12)OCc1cccc(S(=O)(=O)N2CCOCC2)c1. The van der Waals surface area contributed by atoms with E-state index in [4.69, 9.17) is 21.1 Å². The van der Waals surface area contributed by atoms with Crippen LogP contribution in [-0.4, -0.2) is 54.4 Å². The molecule has 0 N–H and O–H groups in total. The van der Waals surface area contributed by atoms with Gasteiger partial charge < -0.3 is 9.47 Å². The van der Waals surface area contributed by atoms with Gasteiger partial charge in [-0.05, 0) is 23.8 Å². The number of thiazole rings is 1. The molecule has 0 saturated carbocycles. The number of imidazole rings is 1. The Labute approximate surface area is 182 Å². The summed E-state index contributed by atoms with van der Waals surface area (Å²) in [6.07, 6.45) is 4.61. The molecular weight excluding hydrogens is 450 g/mol. The molecule has 0 spiro atoms. The van der Waals surface area contributed by atoms with E-state index in [2.05, 4.69) is 4.98 Å². The number of sulfonamides is 1. The molecule has 1 fully saturated rings. The first-order valence-electron chi connectivity index (χ1n) is 9.08. The molecule has 4 rings (SSSR count). The third kappa shape index (κ3) is 4.42. The number of esters is 1. The largest absolute Gasteiger partial charge is 0.458 e. The van der Waals surface area contributed by atoms with Crippen LogP contribution in [0.25, 0.3) is 11.0 Å². The molecule has 0 bridgehead atoms. The zero-order chi connectivity index (χ0) is 21.1. The highest BCUT2D eigenvalue weighted by Crippen LogP contribution is 2.22. The zero-order valence-electron chi connectivity index (χ0n) is 15.7. The van der Waals surface area contributed by atoms with Crippen LogP contribution < -0.4 is 0 Å². The number of halogens is 1. The first kappa shape index (κ1) is 21.0. The number of carbonyl (C=O) groups excluding carboxylic acids is 1. The monoisotopic (exact) mass is 467 g/mol. The summed E-state index contributed by atoms with van der Waals surface area (Å²) in [6.45, 7) is 1.34. The van der Waals surface area contributed by atoms with Crippen LogP contribution in [0.1, 0.15) is 11.3 Å². The summed E-state index contributed by atoms with van der Waals surface area (Å²) in [4.78, 5) is 17.2. The Morgan fingerprint density at radius 2 is 2.13 bits per heavy atom. The van der Waals surface area contributed by atoms with E-state index in [0.29, 0.717) is 42.7 Å². The molecule has 0 amide bonds. The van der Waals surface area contributed by atoms with Gasteiger partial charge in [0.1, 0.15) is 6.61 Å². The van der Waals surface area contributed by atoms with Crippen LogP contribution in [0.2, 0.25) is 5.15 Å². The highest BCUT2D eigenvalue weighted by molar-refractivity contribution is 7.89. The van der Waals surface area contributed by atoms with Crippen molar-refractivity contribution in [2.24, 2.45) is 0 Å². The lowest BCUT2D eigenvalue weighted by atomic mass is 10.2. The molecule has 1 saturated heterocycles. The number of nitrogens with zero attached hydrogens (tertiary/aromatic N) is 3. The van der Waals surface area contributed by atoms with Crippen molar-refractivity contribution < 1.29 is 22.7 Å². The minimum absolute atomic E-state index is 0.0519. The Hall–Kier alpha value is -2.24. The van der Waals surface area contributed by atoms with Crippen molar-refractivity contribution in [1.29, 1.82) is 0 Å². The summed E-state index contributed by atoms with van der Waals surface area (Å²) >= 11 is 7.53. The first-order valence-corrected chi connectivity index (χ1v) is 11.8. The number of benzene rings is 1. The molecule has 30 heavy (non-hydrogen) atoms. The van der Waals surface area contributed by atoms with Gasteiger partial charge in [0.25, 0.3) is 0 Å². The molecule has 0 radical (unpaired) electrons. The van der Waals surface area contributed by atoms with Crippen molar-refractivity contribution in [2.75, 3.05) is 26.3 Å². The standard InChI is InChI=1S/C19H18ClN3O5S2/c20-18-16(23-8-11-29-19(23)21-18)4-5-17(24)28-13-14-2-1-3-15(12-14)30(25,26)22-6-9-27-10-7-22/h1-5,8,11-12H,6-7,9-10,13H2/b5-4-. The molecule has 11 heteroatoms. The lowest BCUT2D eigenvalue weighted by molar-refractivity contribution is -0.138. The molecule has 0 unspecified atom stereocenters. The molecule has 158 valence electrons. The highest BCUT2D eigenvalue weighted by Gasteiger charge is 2.26. The Bertz CT molecular complexity index is 1200. The van der Waals surface area contributed by atoms with Gasteiger partial charge in [0, 0.05) is 30.7 Å². The fourth-order valence-electron chi connectivity index (χ4n) is 3.01. The second kappa shape index (κ2) is 8.86. The van der Waals surface area contributed by atoms with Gasteiger partial charge in [-0.2, -0.15) is 4.31 Å². The predicted octanol–water partition coefficient (Wildman–Crippen LogP) is 2.83. The molecule has 1 aliphatic heterocycles. The molecule has 0 atom stereocenters. The fourth-order valence-corrected chi connectivity index (χ4v) is 5.49. The molecule has 1 aliphatic rings. The van der Waals surface area contributed by atoms with Gasteiger partial charge in [-0.15, -0.1) is 11.3 Å². The summed E-state index contributed by atoms with van der Waals surface area (Å²) in [6, 6.07) is 6.39. The average Bonchev–Trinajstić information content (AvgIpc) is 3.32. The average molecular weight is 468 g/mol. The number of morpholine rings is 1. The van der Waals surface area contributed by atoms with Crippen LogP contribution in [0, 0.1) is 0 Å². The van der Waals surface area contributed by atoms with Gasteiger partial charge in [-0.25, -0.2) is 18.2 Å². The predicted molar refractivity (Wildman–Crippen MR) is 113 cm³/mol. The van der Waals surface area contributed by atoms with Crippen molar-refractivity contribution in [1.82, 2.24) is 13.7 Å². The number of rotatable bonds is 6. The van der Waals surface area contributed by atoms with E-state index >= 15 is 0 Å². The van der Waals surface area contributed by atoms with E-state index in [0.717, 1.165) is 4.96 Å². The lowest BCUT2D eigenvalue weighted by Crippen LogP contribution is -2.40. The van der Waals surface area contributed by atoms with Crippen LogP contribution in [0.5, 0.6) is 0 Å². The van der Waals surface area contributed by atoms with Crippen molar-refractivity contribution in [3.05, 3.63) is 58.3 Å². The lowest BCUT2D eigenvalue weighted by Gasteiger charge is -2.26. The number of aromatic nitrogens is 2. The van der Waals surface area contributed by atoms with Crippen LogP contribution >= 0.6 is 22.9 Å². The number of ether oxygens (including phenoxy) is 2. The second-order valence-corrected chi connectivity index (χ2v) is 9.62. The number of hydrogen-bond acceptors (Lipinski definition) is 7. The second-order valence-electron chi connectivity index (χ2n) is 6.45. The minimum Gasteiger partial charge on any atom is -0.458 e. The van der Waals surface area contributed by atoms with E-state index < -0.39 is 16.0 Å². The normalized spacial score (nSPS) is 15.8. The summed E-state index contributed by atoms with van der Waals surface area (Å²) in [5.41, 5.74) is 1.16. The van der Waals surface area contributed by atoms with Gasteiger partial charge in [0.2, 0.25) is 10.0 Å². The van der Waals surface area contributed by atoms with Gasteiger partial charge in [0.05, 0.1) is 23.8 Å². The molecule has 0 aliphatic carbocycles. The van der Waals surface area contributed by atoms with Crippen molar-refractivity contribution >= 4 is 50.0 Å². The minimum atomic E-state index is -3.61. The summed E-state index contributed by atoms with van der Waals surface area (Å²) < 4.78 is 39.1. The number of fused-ring (bicyclic) bond motifs is 1. The van der Waals surface area contributed by atoms with E-state index in [1.165, 1.54) is 39.9 Å². The molecule has 3 aromatic rings. The van der Waals surface area contributed by atoms with Crippen LogP contribution in [0.4, 0.5) is 0 Å². The number of hydrogen-bond donors (Lipinski definition) is 0. The van der Waals surface area contributed by atoms with Gasteiger partial charge in [0.15, 0.2) is 10.1 Å². The third-order valence-electron chi connectivity index (χ3n) is 4.52. The van der Waals surface area contributed by atoms with Crippen LogP contribution in [0.3, 0.4) is 0 Å². The van der Waals surface area contributed by atoms with E-state index in [9.17, 15) is 13.2 Å². The summed E-state index contributed by atoms with van der Waals surface area (Å²) in [5, 5.41) is 2.17. The van der Waals surface area contributed by atoms with E-state index in [1.54, 1.807) is 16.5 Å². The first-order chi connectivity index (χ1) is 14.4. The molecular formula is C19H18ClN3O5S2. The Morgan fingerprint density at radius 3 is 2.93 bits per heavy atom. The third-order valence-corrected chi connectivity index (χ3v) is 7.45. The highest BCUT2D eigenvalue weighted by atomic mass is 35.5. The molecule has 1 aromatic carbocycles. The maximum atomic E-state index is 12.8. The Morgan fingerprint density at radius 1 is 1.33 bits per heavy atom. The summed E-state index contributed by atoms with van der Waals surface area (Å²) in [7, 11) is -3.61. The van der Waals surface area contributed by atoms with E-state index in [-0.39, 0.29) is 11.5 Å². The molecule has 2 aromatic heterocycles. The Kier molecular flexibility index (Phi) is 6.21. The zero-order valence-corrected chi connectivity index (χ0v) is 18.1. The summed E-state index contributed by atoms with van der Waals surface area (Å²) in [5.74, 6) is -0.572. The Balaban J connectivity index is 1.41. The van der Waals surface area contributed by atoms with Crippen molar-refractivity contribution in [3.8, 4) is 0 Å². The quantitative estimate of drug-likeness (QED) is 0.409. The maximum Gasteiger partial charge on any atom is 0.331 e.